The van der Waals surface area contributed by atoms with Gasteiger partial charge >= 0.3 is 0 Å². The number of thiophene rings is 1. The Morgan fingerprint density at radius 3 is 2.72 bits per heavy atom. The summed E-state index contributed by atoms with van der Waals surface area (Å²) in [6, 6.07) is 11.7. The summed E-state index contributed by atoms with van der Waals surface area (Å²) in [4.78, 5) is 9.37. The van der Waals surface area contributed by atoms with Crippen LogP contribution in [0.25, 0.3) is 32.4 Å². The molecule has 0 spiro atoms. The van der Waals surface area contributed by atoms with E-state index in [2.05, 4.69) is 15.3 Å². The molecule has 2 aromatic carbocycles. The number of nitrogens with two attached hydrogens (primary N) is 1. The molecule has 148 valence electrons. The molecule has 4 aromatic rings. The van der Waals surface area contributed by atoms with Gasteiger partial charge in [0, 0.05) is 11.8 Å². The third-order valence-electron chi connectivity index (χ3n) is 5.52. The Morgan fingerprint density at radius 2 is 1.93 bits per heavy atom. The van der Waals surface area contributed by atoms with E-state index in [0.29, 0.717) is 11.4 Å². The molecule has 6 nitrogen and oxygen atoms in total. The van der Waals surface area contributed by atoms with Crippen LogP contribution in [0, 0.1) is 0 Å². The molecular formula is C21H20N4O2S2. The fourth-order valence-electron chi connectivity index (χ4n) is 4.20. The molecule has 3 heterocycles. The topological polar surface area (TPSA) is 98.0 Å². The molecule has 1 aliphatic heterocycles. The van der Waals surface area contributed by atoms with E-state index in [1.807, 2.05) is 41.8 Å². The third-order valence-corrected chi connectivity index (χ3v) is 7.37. The van der Waals surface area contributed by atoms with Gasteiger partial charge in [0.25, 0.3) is 0 Å². The fourth-order valence-corrected chi connectivity index (χ4v) is 5.93. The van der Waals surface area contributed by atoms with E-state index < -0.39 is 10.0 Å². The van der Waals surface area contributed by atoms with Gasteiger partial charge in [-0.25, -0.2) is 23.5 Å². The molecule has 0 unspecified atom stereocenters. The Bertz CT molecular complexity index is 1330. The normalized spacial score (nSPS) is 15.9. The van der Waals surface area contributed by atoms with Crippen molar-refractivity contribution in [1.29, 1.82) is 0 Å². The highest BCUT2D eigenvalue weighted by atomic mass is 32.2. The second-order valence-corrected chi connectivity index (χ2v) is 9.77. The quantitative estimate of drug-likeness (QED) is 0.523. The monoisotopic (exact) mass is 424 g/mol. The number of nitrogens with zero attached hydrogens (tertiary/aromatic N) is 2. The average molecular weight is 425 g/mol. The van der Waals surface area contributed by atoms with Gasteiger partial charge in [-0.2, -0.15) is 0 Å². The number of aromatic nitrogens is 2. The van der Waals surface area contributed by atoms with E-state index >= 15 is 0 Å². The number of fused-ring (bicyclic) bond motifs is 2. The predicted molar refractivity (Wildman–Crippen MR) is 117 cm³/mol. The van der Waals surface area contributed by atoms with Crippen molar-refractivity contribution in [3.05, 3.63) is 53.5 Å². The van der Waals surface area contributed by atoms with Crippen LogP contribution in [-0.2, 0) is 10.0 Å². The van der Waals surface area contributed by atoms with Crippen LogP contribution in [0.3, 0.4) is 0 Å². The van der Waals surface area contributed by atoms with E-state index in [1.54, 1.807) is 17.5 Å². The first-order valence-electron chi connectivity index (χ1n) is 9.52. The standard InChI is InChI=1S/C21H20N4O2S2/c22-29(26,27)20-16(13-5-8-23-9-6-13)11-14-3-1-2-4-15(14)19(20)21-24-12-18-17(25-21)7-10-28-18/h1-4,7,10-13,23H,5-6,8-9H2,(H2,22,26,27). The van der Waals surface area contributed by atoms with Crippen molar-refractivity contribution in [2.45, 2.75) is 23.7 Å². The molecule has 0 saturated carbocycles. The maximum atomic E-state index is 12.9. The Kier molecular flexibility index (Phi) is 4.59. The van der Waals surface area contributed by atoms with Crippen LogP contribution < -0.4 is 10.5 Å². The summed E-state index contributed by atoms with van der Waals surface area (Å²) >= 11 is 1.56. The highest BCUT2D eigenvalue weighted by Gasteiger charge is 2.29. The van der Waals surface area contributed by atoms with Gasteiger partial charge in [0.15, 0.2) is 5.82 Å². The van der Waals surface area contributed by atoms with Gasteiger partial charge in [0.2, 0.25) is 10.0 Å². The Hall–Kier alpha value is -2.39. The van der Waals surface area contributed by atoms with Crippen molar-refractivity contribution in [3.8, 4) is 11.4 Å². The zero-order valence-corrected chi connectivity index (χ0v) is 17.3. The minimum Gasteiger partial charge on any atom is -0.317 e. The van der Waals surface area contributed by atoms with Crippen LogP contribution in [0.15, 0.2) is 52.9 Å². The van der Waals surface area contributed by atoms with Gasteiger partial charge in [-0.1, -0.05) is 24.3 Å². The number of nitrogens with one attached hydrogen (secondary N) is 1. The van der Waals surface area contributed by atoms with Gasteiger partial charge < -0.3 is 5.32 Å². The maximum absolute atomic E-state index is 12.9. The molecule has 2 aromatic heterocycles. The lowest BCUT2D eigenvalue weighted by Crippen LogP contribution is -2.28. The van der Waals surface area contributed by atoms with E-state index in [0.717, 1.165) is 52.5 Å². The van der Waals surface area contributed by atoms with Crippen molar-refractivity contribution in [2.24, 2.45) is 5.14 Å². The average Bonchev–Trinajstić information content (AvgIpc) is 3.20. The number of rotatable bonds is 3. The van der Waals surface area contributed by atoms with Crippen LogP contribution in [0.1, 0.15) is 24.3 Å². The molecule has 8 heteroatoms. The van der Waals surface area contributed by atoms with Crippen LogP contribution in [0.4, 0.5) is 0 Å². The lowest BCUT2D eigenvalue weighted by molar-refractivity contribution is 0.455. The number of benzene rings is 2. The summed E-state index contributed by atoms with van der Waals surface area (Å²) in [7, 11) is -3.99. The summed E-state index contributed by atoms with van der Waals surface area (Å²) in [5.74, 6) is 0.518. The number of sulfonamides is 1. The lowest BCUT2D eigenvalue weighted by atomic mass is 9.87. The molecule has 5 rings (SSSR count). The van der Waals surface area contributed by atoms with E-state index in [9.17, 15) is 8.42 Å². The molecule has 0 amide bonds. The summed E-state index contributed by atoms with van der Waals surface area (Å²) in [5, 5.41) is 12.8. The van der Waals surface area contributed by atoms with Gasteiger partial charge in [-0.15, -0.1) is 11.3 Å². The second kappa shape index (κ2) is 7.14. The van der Waals surface area contributed by atoms with Crippen LogP contribution >= 0.6 is 11.3 Å². The molecule has 1 saturated heterocycles. The molecule has 0 radical (unpaired) electrons. The Labute approximate surface area is 172 Å². The molecule has 29 heavy (non-hydrogen) atoms. The first-order valence-corrected chi connectivity index (χ1v) is 11.9. The minimum absolute atomic E-state index is 0.123. The van der Waals surface area contributed by atoms with Crippen LogP contribution in [0.5, 0.6) is 0 Å². The molecule has 0 atom stereocenters. The Balaban J connectivity index is 1.89. The smallest absolute Gasteiger partial charge is 0.239 e. The number of hydrogen-bond donors (Lipinski definition) is 2. The van der Waals surface area contributed by atoms with Crippen LogP contribution in [0.2, 0.25) is 0 Å². The first kappa shape index (κ1) is 18.6. The van der Waals surface area contributed by atoms with E-state index in [1.165, 1.54) is 0 Å². The van der Waals surface area contributed by atoms with Crippen molar-refractivity contribution in [2.75, 3.05) is 13.1 Å². The van der Waals surface area contributed by atoms with Gasteiger partial charge in [-0.05, 0) is 65.7 Å². The van der Waals surface area contributed by atoms with Gasteiger partial charge in [0.1, 0.15) is 0 Å². The molecule has 0 aliphatic carbocycles. The zero-order valence-electron chi connectivity index (χ0n) is 15.6. The van der Waals surface area contributed by atoms with Crippen molar-refractivity contribution in [3.63, 3.8) is 0 Å². The highest BCUT2D eigenvalue weighted by Crippen LogP contribution is 2.41. The largest absolute Gasteiger partial charge is 0.317 e. The molecule has 0 bridgehead atoms. The highest BCUT2D eigenvalue weighted by molar-refractivity contribution is 7.89. The van der Waals surface area contributed by atoms with E-state index in [4.69, 9.17) is 5.14 Å². The molecular weight excluding hydrogens is 404 g/mol. The number of primary sulfonamides is 1. The molecule has 1 fully saturated rings. The van der Waals surface area contributed by atoms with Gasteiger partial charge in [0.05, 0.1) is 15.1 Å². The lowest BCUT2D eigenvalue weighted by Gasteiger charge is -2.26. The summed E-state index contributed by atoms with van der Waals surface area (Å²) in [6.45, 7) is 1.71. The minimum atomic E-state index is -3.99. The van der Waals surface area contributed by atoms with Crippen molar-refractivity contribution in [1.82, 2.24) is 15.3 Å². The van der Waals surface area contributed by atoms with Crippen molar-refractivity contribution < 1.29 is 8.42 Å². The van der Waals surface area contributed by atoms with E-state index in [-0.39, 0.29) is 10.8 Å². The van der Waals surface area contributed by atoms with Crippen LogP contribution in [-0.4, -0.2) is 31.5 Å². The summed E-state index contributed by atoms with van der Waals surface area (Å²) < 4.78 is 26.7. The van der Waals surface area contributed by atoms with Gasteiger partial charge in [-0.3, -0.25) is 0 Å². The predicted octanol–water partition coefficient (Wildman–Crippen LogP) is 3.63. The zero-order chi connectivity index (χ0) is 20.0. The summed E-state index contributed by atoms with van der Waals surface area (Å²) in [5.41, 5.74) is 2.08. The first-order chi connectivity index (χ1) is 14.0. The second-order valence-electron chi connectivity index (χ2n) is 7.32. The SMILES string of the molecule is NS(=O)(=O)c1c(C2CCNCC2)cc2ccccc2c1-c1ncc2sccc2n1. The maximum Gasteiger partial charge on any atom is 0.239 e. The molecule has 3 N–H and O–H groups in total. The number of piperidine rings is 1. The third kappa shape index (κ3) is 3.32. The molecule has 1 aliphatic rings. The van der Waals surface area contributed by atoms with Crippen molar-refractivity contribution >= 4 is 42.3 Å². The summed E-state index contributed by atoms with van der Waals surface area (Å²) in [6.07, 6.45) is 3.48. The fraction of sp³-hybridized carbons (Fsp3) is 0.238. The number of hydrogen-bond acceptors (Lipinski definition) is 6. The Morgan fingerprint density at radius 1 is 1.14 bits per heavy atom.